The average Bonchev–Trinajstić information content (AvgIpc) is 2.22. The Morgan fingerprint density at radius 3 is 2.94 bits per heavy atom. The Morgan fingerprint density at radius 2 is 2.31 bits per heavy atom. The van der Waals surface area contributed by atoms with E-state index >= 15 is 0 Å². The highest BCUT2D eigenvalue weighted by Gasteiger charge is 2.18. The number of benzene rings is 1. The number of anilines is 1. The van der Waals surface area contributed by atoms with Crippen LogP contribution in [0.2, 0.25) is 0 Å². The lowest BCUT2D eigenvalue weighted by molar-refractivity contribution is 0.365. The van der Waals surface area contributed by atoms with E-state index in [0.717, 1.165) is 18.5 Å². The van der Waals surface area contributed by atoms with Crippen LogP contribution in [0.5, 0.6) is 5.75 Å². The Kier molecular flexibility index (Phi) is 3.25. The molecule has 4 heteroatoms. The number of hydrogen-bond acceptors (Lipinski definition) is 3. The number of nitrogens with one attached hydrogen (secondary N) is 1. The second kappa shape index (κ2) is 4.84. The molecule has 1 saturated carbocycles. The van der Waals surface area contributed by atoms with Crippen LogP contribution in [0, 0.1) is 17.1 Å². The predicted molar refractivity (Wildman–Crippen MR) is 58.8 cm³/mol. The second-order valence-electron chi connectivity index (χ2n) is 3.86. The predicted octanol–water partition coefficient (Wildman–Crippen LogP) is 2.69. The molecule has 3 nitrogen and oxygen atoms in total. The Balaban J connectivity index is 2.11. The van der Waals surface area contributed by atoms with Crippen LogP contribution in [-0.4, -0.2) is 12.6 Å². The van der Waals surface area contributed by atoms with Crippen molar-refractivity contribution in [3.05, 3.63) is 24.0 Å². The summed E-state index contributed by atoms with van der Waals surface area (Å²) in [4.78, 5) is 0. The minimum Gasteiger partial charge on any atom is -0.476 e. The van der Waals surface area contributed by atoms with Crippen molar-refractivity contribution in [2.24, 2.45) is 0 Å². The molecule has 1 fully saturated rings. The van der Waals surface area contributed by atoms with Gasteiger partial charge in [-0.15, -0.1) is 0 Å². The molecule has 0 unspecified atom stereocenters. The number of nitriles is 1. The first-order valence-corrected chi connectivity index (χ1v) is 5.35. The quantitative estimate of drug-likeness (QED) is 0.848. The Bertz CT molecular complexity index is 410. The molecule has 1 aliphatic carbocycles. The fourth-order valence-corrected chi connectivity index (χ4v) is 1.62. The number of hydrogen-bond donors (Lipinski definition) is 1. The van der Waals surface area contributed by atoms with E-state index in [4.69, 9.17) is 10.00 Å². The molecular formula is C12H13FN2O. The van der Waals surface area contributed by atoms with Crippen molar-refractivity contribution in [3.8, 4) is 11.8 Å². The zero-order valence-corrected chi connectivity index (χ0v) is 8.87. The van der Waals surface area contributed by atoms with Crippen molar-refractivity contribution in [2.75, 3.05) is 11.9 Å². The van der Waals surface area contributed by atoms with Crippen molar-refractivity contribution in [3.63, 3.8) is 0 Å². The van der Waals surface area contributed by atoms with Gasteiger partial charge in [0.25, 0.3) is 0 Å². The maximum atomic E-state index is 13.0. The number of rotatable bonds is 4. The molecule has 0 aromatic heterocycles. The van der Waals surface area contributed by atoms with Crippen molar-refractivity contribution in [2.45, 2.75) is 25.3 Å². The van der Waals surface area contributed by atoms with E-state index in [1.54, 1.807) is 6.07 Å². The van der Waals surface area contributed by atoms with Gasteiger partial charge in [0.15, 0.2) is 6.61 Å². The summed E-state index contributed by atoms with van der Waals surface area (Å²) in [5.41, 5.74) is 0.765. The van der Waals surface area contributed by atoms with Gasteiger partial charge in [0.05, 0.1) is 5.69 Å². The van der Waals surface area contributed by atoms with Gasteiger partial charge in [-0.25, -0.2) is 4.39 Å². The van der Waals surface area contributed by atoms with Crippen LogP contribution in [0.15, 0.2) is 18.2 Å². The highest BCUT2D eigenvalue weighted by Crippen LogP contribution is 2.30. The van der Waals surface area contributed by atoms with Gasteiger partial charge in [-0.3, -0.25) is 0 Å². The fraction of sp³-hybridized carbons (Fsp3) is 0.417. The van der Waals surface area contributed by atoms with Crippen LogP contribution < -0.4 is 10.1 Å². The molecule has 0 spiro atoms. The van der Waals surface area contributed by atoms with Crippen LogP contribution in [0.1, 0.15) is 19.3 Å². The van der Waals surface area contributed by atoms with Crippen molar-refractivity contribution in [1.29, 1.82) is 5.26 Å². The van der Waals surface area contributed by atoms with Gasteiger partial charge in [-0.05, 0) is 31.4 Å². The molecule has 0 radical (unpaired) electrons. The summed E-state index contributed by atoms with van der Waals surface area (Å²) in [5.74, 6) is 0.0561. The molecule has 1 aromatic rings. The molecule has 0 amide bonds. The number of ether oxygens (including phenoxy) is 1. The monoisotopic (exact) mass is 220 g/mol. The van der Waals surface area contributed by atoms with E-state index in [0.29, 0.717) is 11.8 Å². The van der Waals surface area contributed by atoms with E-state index in [9.17, 15) is 4.39 Å². The van der Waals surface area contributed by atoms with Crippen molar-refractivity contribution in [1.82, 2.24) is 0 Å². The van der Waals surface area contributed by atoms with E-state index < -0.39 is 0 Å². The van der Waals surface area contributed by atoms with Crippen LogP contribution >= 0.6 is 0 Å². The lowest BCUT2D eigenvalue weighted by Gasteiger charge is -2.28. The lowest BCUT2D eigenvalue weighted by Crippen LogP contribution is -2.27. The standard InChI is InChI=1S/C12H13FN2O/c13-9-4-5-11(15-10-2-1-3-10)12(8-9)16-7-6-14/h4-5,8,10,15H,1-3,7H2. The van der Waals surface area contributed by atoms with E-state index in [-0.39, 0.29) is 12.4 Å². The third kappa shape index (κ3) is 2.43. The molecule has 0 bridgehead atoms. The summed E-state index contributed by atoms with van der Waals surface area (Å²) in [6.45, 7) is -0.0667. The first-order valence-electron chi connectivity index (χ1n) is 5.35. The molecule has 0 heterocycles. The third-order valence-electron chi connectivity index (χ3n) is 2.70. The van der Waals surface area contributed by atoms with Crippen LogP contribution in [0.3, 0.4) is 0 Å². The molecular weight excluding hydrogens is 207 g/mol. The Morgan fingerprint density at radius 1 is 1.50 bits per heavy atom. The van der Waals surface area contributed by atoms with E-state index in [1.807, 2.05) is 6.07 Å². The van der Waals surface area contributed by atoms with Gasteiger partial charge in [0.1, 0.15) is 17.6 Å². The summed E-state index contributed by atoms with van der Waals surface area (Å²) in [6, 6.07) is 6.67. The van der Waals surface area contributed by atoms with Crippen LogP contribution in [-0.2, 0) is 0 Å². The molecule has 0 atom stereocenters. The summed E-state index contributed by atoms with van der Waals surface area (Å²) < 4.78 is 18.2. The minimum absolute atomic E-state index is 0.0667. The average molecular weight is 220 g/mol. The topological polar surface area (TPSA) is 45.0 Å². The van der Waals surface area contributed by atoms with Gasteiger partial charge in [0.2, 0.25) is 0 Å². The molecule has 1 aromatic carbocycles. The van der Waals surface area contributed by atoms with E-state index in [2.05, 4.69) is 5.32 Å². The Labute approximate surface area is 93.8 Å². The minimum atomic E-state index is -0.355. The van der Waals surface area contributed by atoms with Crippen molar-refractivity contribution < 1.29 is 9.13 Å². The molecule has 16 heavy (non-hydrogen) atoms. The van der Waals surface area contributed by atoms with Gasteiger partial charge >= 0.3 is 0 Å². The van der Waals surface area contributed by atoms with Crippen molar-refractivity contribution >= 4 is 5.69 Å². The summed E-state index contributed by atoms with van der Waals surface area (Å²) in [5, 5.41) is 11.7. The number of halogens is 1. The highest BCUT2D eigenvalue weighted by molar-refractivity contribution is 5.57. The molecule has 0 aliphatic heterocycles. The summed E-state index contributed by atoms with van der Waals surface area (Å²) in [6.07, 6.45) is 3.50. The fourth-order valence-electron chi connectivity index (χ4n) is 1.62. The largest absolute Gasteiger partial charge is 0.476 e. The third-order valence-corrected chi connectivity index (χ3v) is 2.70. The summed E-state index contributed by atoms with van der Waals surface area (Å²) >= 11 is 0. The van der Waals surface area contributed by atoms with Crippen LogP contribution in [0.25, 0.3) is 0 Å². The molecule has 1 aliphatic rings. The zero-order valence-electron chi connectivity index (χ0n) is 8.87. The molecule has 2 rings (SSSR count). The van der Waals surface area contributed by atoms with Gasteiger partial charge < -0.3 is 10.1 Å². The lowest BCUT2D eigenvalue weighted by atomic mass is 9.93. The normalized spacial score (nSPS) is 15.0. The molecule has 84 valence electrons. The second-order valence-corrected chi connectivity index (χ2v) is 3.86. The van der Waals surface area contributed by atoms with Gasteiger partial charge in [-0.2, -0.15) is 5.26 Å². The van der Waals surface area contributed by atoms with Gasteiger partial charge in [-0.1, -0.05) is 0 Å². The smallest absolute Gasteiger partial charge is 0.174 e. The Hall–Kier alpha value is -1.76. The maximum Gasteiger partial charge on any atom is 0.174 e. The number of nitrogens with zero attached hydrogens (tertiary/aromatic N) is 1. The summed E-state index contributed by atoms with van der Waals surface area (Å²) in [7, 11) is 0. The maximum absolute atomic E-state index is 13.0. The SMILES string of the molecule is N#CCOc1cc(F)ccc1NC1CCC1. The molecule has 1 N–H and O–H groups in total. The van der Waals surface area contributed by atoms with Crippen LogP contribution in [0.4, 0.5) is 10.1 Å². The van der Waals surface area contributed by atoms with E-state index in [1.165, 1.54) is 18.6 Å². The molecule has 0 saturated heterocycles. The first-order chi connectivity index (χ1) is 7.79. The highest BCUT2D eigenvalue weighted by atomic mass is 19.1. The zero-order chi connectivity index (χ0) is 11.4. The first kappa shape index (κ1) is 10.7. The van der Waals surface area contributed by atoms with Gasteiger partial charge in [0, 0.05) is 12.1 Å².